The van der Waals surface area contributed by atoms with E-state index in [-0.39, 0.29) is 6.10 Å². The highest BCUT2D eigenvalue weighted by atomic mass is 16.5. The number of nitrogens with zero attached hydrogens (tertiary/aromatic N) is 2. The summed E-state index contributed by atoms with van der Waals surface area (Å²) in [6.45, 7) is 4.53. The Morgan fingerprint density at radius 3 is 3.20 bits per heavy atom. The molecule has 1 aliphatic heterocycles. The third-order valence-electron chi connectivity index (χ3n) is 3.75. The molecule has 1 N–H and O–H groups in total. The average Bonchev–Trinajstić information content (AvgIpc) is 3.16. The average molecular weight is 275 g/mol. The summed E-state index contributed by atoms with van der Waals surface area (Å²) in [7, 11) is 0. The number of aryl methyl sites for hydroxylation is 1. The van der Waals surface area contributed by atoms with Gasteiger partial charge in [0.1, 0.15) is 11.9 Å². The molecule has 5 nitrogen and oxygen atoms in total. The Hall–Kier alpha value is -1.59. The van der Waals surface area contributed by atoms with Crippen LogP contribution in [0.3, 0.4) is 0 Å². The molecule has 2 aromatic rings. The van der Waals surface area contributed by atoms with Gasteiger partial charge in [0.05, 0.1) is 19.0 Å². The molecule has 5 heteroatoms. The molecule has 1 fully saturated rings. The van der Waals surface area contributed by atoms with Crippen molar-refractivity contribution in [2.45, 2.75) is 45.0 Å². The molecule has 1 aliphatic rings. The van der Waals surface area contributed by atoms with Gasteiger partial charge in [-0.1, -0.05) is 0 Å². The predicted molar refractivity (Wildman–Crippen MR) is 75.2 cm³/mol. The van der Waals surface area contributed by atoms with Crippen molar-refractivity contribution in [3.63, 3.8) is 0 Å². The van der Waals surface area contributed by atoms with Gasteiger partial charge >= 0.3 is 0 Å². The maximum absolute atomic E-state index is 5.96. The molecule has 0 amide bonds. The van der Waals surface area contributed by atoms with Gasteiger partial charge in [0.25, 0.3) is 0 Å². The van der Waals surface area contributed by atoms with Crippen molar-refractivity contribution >= 4 is 0 Å². The second-order valence-corrected chi connectivity index (χ2v) is 5.13. The second kappa shape index (κ2) is 6.24. The van der Waals surface area contributed by atoms with Crippen molar-refractivity contribution in [3.8, 4) is 0 Å². The number of ether oxygens (including phenoxy) is 1. The summed E-state index contributed by atoms with van der Waals surface area (Å²) < 4.78 is 13.3. The fraction of sp³-hybridized carbons (Fsp3) is 0.533. The molecule has 0 saturated carbocycles. The predicted octanol–water partition coefficient (Wildman–Crippen LogP) is 2.51. The van der Waals surface area contributed by atoms with Crippen LogP contribution < -0.4 is 5.32 Å². The van der Waals surface area contributed by atoms with Crippen LogP contribution >= 0.6 is 0 Å². The lowest BCUT2D eigenvalue weighted by Gasteiger charge is -2.31. The molecule has 3 heterocycles. The van der Waals surface area contributed by atoms with E-state index in [0.29, 0.717) is 6.04 Å². The Morgan fingerprint density at radius 2 is 2.45 bits per heavy atom. The highest BCUT2D eigenvalue weighted by molar-refractivity contribution is 5.12. The van der Waals surface area contributed by atoms with E-state index in [1.807, 2.05) is 23.0 Å². The number of rotatable bonds is 5. The van der Waals surface area contributed by atoms with E-state index in [9.17, 15) is 0 Å². The van der Waals surface area contributed by atoms with Gasteiger partial charge in [-0.25, -0.2) is 0 Å². The molecular formula is C15H21N3O2. The fourth-order valence-corrected chi connectivity index (χ4v) is 2.66. The molecule has 0 spiro atoms. The van der Waals surface area contributed by atoms with E-state index in [2.05, 4.69) is 23.5 Å². The van der Waals surface area contributed by atoms with Gasteiger partial charge in [-0.2, -0.15) is 5.10 Å². The van der Waals surface area contributed by atoms with Gasteiger partial charge in [-0.15, -0.1) is 0 Å². The molecule has 0 unspecified atom stereocenters. The zero-order chi connectivity index (χ0) is 13.8. The topological polar surface area (TPSA) is 52.2 Å². The molecule has 108 valence electrons. The maximum Gasteiger partial charge on any atom is 0.117 e. The molecule has 20 heavy (non-hydrogen) atoms. The van der Waals surface area contributed by atoms with Gasteiger partial charge in [0.15, 0.2) is 0 Å². The highest BCUT2D eigenvalue weighted by Crippen LogP contribution is 2.28. The SMILES string of the molecule is CCn1cc([C@H]2OCCC[C@@H]2NCc2ccco2)cn1. The minimum atomic E-state index is 0.0824. The van der Waals surface area contributed by atoms with E-state index in [0.717, 1.165) is 43.9 Å². The van der Waals surface area contributed by atoms with E-state index >= 15 is 0 Å². The standard InChI is InChI=1S/C15H21N3O2/c1-2-18-11-12(9-17-18)15-14(6-4-8-20-15)16-10-13-5-3-7-19-13/h3,5,7,9,11,14-16H,2,4,6,8,10H2,1H3/t14-,15+/m0/s1. The molecule has 0 radical (unpaired) electrons. The summed E-state index contributed by atoms with van der Waals surface area (Å²) in [6.07, 6.45) is 7.99. The first-order chi connectivity index (χ1) is 9.86. The summed E-state index contributed by atoms with van der Waals surface area (Å²) >= 11 is 0. The van der Waals surface area contributed by atoms with Crippen LogP contribution in [0.5, 0.6) is 0 Å². The Kier molecular flexibility index (Phi) is 4.18. The van der Waals surface area contributed by atoms with E-state index < -0.39 is 0 Å². The second-order valence-electron chi connectivity index (χ2n) is 5.13. The minimum absolute atomic E-state index is 0.0824. The van der Waals surface area contributed by atoms with Crippen LogP contribution in [0.15, 0.2) is 35.2 Å². The number of nitrogens with one attached hydrogen (secondary N) is 1. The Bertz CT molecular complexity index is 521. The number of furan rings is 1. The molecule has 3 rings (SSSR count). The Balaban J connectivity index is 1.67. The number of hydrogen-bond donors (Lipinski definition) is 1. The maximum atomic E-state index is 5.96. The molecular weight excluding hydrogens is 254 g/mol. The summed E-state index contributed by atoms with van der Waals surface area (Å²) in [4.78, 5) is 0. The summed E-state index contributed by atoms with van der Waals surface area (Å²) in [5.41, 5.74) is 1.16. The first kappa shape index (κ1) is 13.4. The van der Waals surface area contributed by atoms with E-state index in [4.69, 9.17) is 9.15 Å². The van der Waals surface area contributed by atoms with Crippen LogP contribution in [-0.4, -0.2) is 22.4 Å². The van der Waals surface area contributed by atoms with Gasteiger partial charge in [0, 0.05) is 31.0 Å². The van der Waals surface area contributed by atoms with Crippen molar-refractivity contribution in [1.29, 1.82) is 0 Å². The van der Waals surface area contributed by atoms with Crippen LogP contribution in [0.1, 0.15) is 37.2 Å². The summed E-state index contributed by atoms with van der Waals surface area (Å²) in [5.74, 6) is 0.957. The van der Waals surface area contributed by atoms with Crippen LogP contribution in [0.4, 0.5) is 0 Å². The van der Waals surface area contributed by atoms with Gasteiger partial charge < -0.3 is 14.5 Å². The Labute approximate surface area is 118 Å². The zero-order valence-electron chi connectivity index (χ0n) is 11.8. The third kappa shape index (κ3) is 2.94. The quantitative estimate of drug-likeness (QED) is 0.911. The van der Waals surface area contributed by atoms with E-state index in [1.54, 1.807) is 6.26 Å². The van der Waals surface area contributed by atoms with Crippen LogP contribution in [0.2, 0.25) is 0 Å². The highest BCUT2D eigenvalue weighted by Gasteiger charge is 2.28. The van der Waals surface area contributed by atoms with Crippen LogP contribution in [-0.2, 0) is 17.8 Å². The molecule has 2 atom stereocenters. The number of hydrogen-bond acceptors (Lipinski definition) is 4. The van der Waals surface area contributed by atoms with Crippen molar-refractivity contribution in [3.05, 3.63) is 42.1 Å². The lowest BCUT2D eigenvalue weighted by Crippen LogP contribution is -2.38. The number of aromatic nitrogens is 2. The van der Waals surface area contributed by atoms with Crippen LogP contribution in [0.25, 0.3) is 0 Å². The lowest BCUT2D eigenvalue weighted by atomic mass is 9.98. The largest absolute Gasteiger partial charge is 0.468 e. The molecule has 2 aromatic heterocycles. The van der Waals surface area contributed by atoms with Crippen molar-refractivity contribution < 1.29 is 9.15 Å². The summed E-state index contributed by atoms with van der Waals surface area (Å²) in [5, 5.41) is 7.89. The van der Waals surface area contributed by atoms with Crippen molar-refractivity contribution in [2.24, 2.45) is 0 Å². The molecule has 0 aliphatic carbocycles. The fourth-order valence-electron chi connectivity index (χ4n) is 2.66. The smallest absolute Gasteiger partial charge is 0.117 e. The molecule has 0 bridgehead atoms. The lowest BCUT2D eigenvalue weighted by molar-refractivity contribution is -0.0116. The van der Waals surface area contributed by atoms with Crippen molar-refractivity contribution in [1.82, 2.24) is 15.1 Å². The van der Waals surface area contributed by atoms with E-state index in [1.165, 1.54) is 0 Å². The zero-order valence-corrected chi connectivity index (χ0v) is 11.8. The van der Waals surface area contributed by atoms with Gasteiger partial charge in [-0.3, -0.25) is 4.68 Å². The minimum Gasteiger partial charge on any atom is -0.468 e. The Morgan fingerprint density at radius 1 is 1.50 bits per heavy atom. The third-order valence-corrected chi connectivity index (χ3v) is 3.75. The van der Waals surface area contributed by atoms with Crippen LogP contribution in [0, 0.1) is 0 Å². The first-order valence-corrected chi connectivity index (χ1v) is 7.26. The monoisotopic (exact) mass is 275 g/mol. The van der Waals surface area contributed by atoms with Gasteiger partial charge in [-0.05, 0) is 31.9 Å². The molecule has 0 aromatic carbocycles. The first-order valence-electron chi connectivity index (χ1n) is 7.26. The normalized spacial score (nSPS) is 23.1. The van der Waals surface area contributed by atoms with Crippen molar-refractivity contribution in [2.75, 3.05) is 6.61 Å². The summed E-state index contributed by atoms with van der Waals surface area (Å²) in [6, 6.07) is 4.21. The molecule has 1 saturated heterocycles. The van der Waals surface area contributed by atoms with Gasteiger partial charge in [0.2, 0.25) is 0 Å².